The van der Waals surface area contributed by atoms with Gasteiger partial charge in [-0.25, -0.2) is 4.98 Å². The van der Waals surface area contributed by atoms with Gasteiger partial charge >= 0.3 is 0 Å². The summed E-state index contributed by atoms with van der Waals surface area (Å²) in [5, 5.41) is 5.95. The van der Waals surface area contributed by atoms with E-state index in [1.54, 1.807) is 42.5 Å². The summed E-state index contributed by atoms with van der Waals surface area (Å²) in [4.78, 5) is 40.8. The van der Waals surface area contributed by atoms with Crippen molar-refractivity contribution in [3.05, 3.63) is 65.2 Å². The van der Waals surface area contributed by atoms with Crippen molar-refractivity contribution < 1.29 is 9.59 Å². The molecular weight excluding hydrogens is 344 g/mol. The van der Waals surface area contributed by atoms with E-state index >= 15 is 0 Å². The maximum absolute atomic E-state index is 12.7. The first-order valence-electron chi connectivity index (χ1n) is 8.64. The zero-order chi connectivity index (χ0) is 19.4. The van der Waals surface area contributed by atoms with E-state index in [4.69, 9.17) is 0 Å². The second-order valence-electron chi connectivity index (χ2n) is 6.15. The van der Waals surface area contributed by atoms with Gasteiger partial charge < -0.3 is 10.6 Å². The van der Waals surface area contributed by atoms with Crippen LogP contribution in [-0.4, -0.2) is 21.4 Å². The third-order valence-corrected chi connectivity index (χ3v) is 4.19. The van der Waals surface area contributed by atoms with E-state index in [1.807, 2.05) is 13.0 Å². The van der Waals surface area contributed by atoms with Gasteiger partial charge in [0.05, 0.1) is 17.2 Å². The van der Waals surface area contributed by atoms with E-state index in [9.17, 15) is 14.4 Å². The summed E-state index contributed by atoms with van der Waals surface area (Å²) >= 11 is 0. The second-order valence-corrected chi connectivity index (χ2v) is 6.15. The fraction of sp³-hybridized carbons (Fsp3) is 0.200. The van der Waals surface area contributed by atoms with Crippen LogP contribution in [0.2, 0.25) is 0 Å². The Balaban J connectivity index is 1.83. The van der Waals surface area contributed by atoms with Crippen LogP contribution in [0.5, 0.6) is 0 Å². The summed E-state index contributed by atoms with van der Waals surface area (Å²) < 4.78 is 1.36. The first-order valence-corrected chi connectivity index (χ1v) is 8.64. The van der Waals surface area contributed by atoms with Crippen LogP contribution in [0.4, 0.5) is 11.4 Å². The van der Waals surface area contributed by atoms with Gasteiger partial charge in [-0.15, -0.1) is 0 Å². The lowest BCUT2D eigenvalue weighted by molar-refractivity contribution is -0.119. The fourth-order valence-electron chi connectivity index (χ4n) is 2.88. The topological polar surface area (TPSA) is 93.1 Å². The maximum atomic E-state index is 12.7. The molecule has 0 spiro atoms. The molecule has 2 N–H and O–H groups in total. The Labute approximate surface area is 156 Å². The van der Waals surface area contributed by atoms with Gasteiger partial charge in [0.2, 0.25) is 11.8 Å². The van der Waals surface area contributed by atoms with Crippen molar-refractivity contribution >= 4 is 34.1 Å². The van der Waals surface area contributed by atoms with Gasteiger partial charge in [0.1, 0.15) is 6.04 Å². The smallest absolute Gasteiger partial charge is 0.261 e. The highest BCUT2D eigenvalue weighted by Crippen LogP contribution is 2.17. The first-order chi connectivity index (χ1) is 13.0. The number of nitrogens with one attached hydrogen (secondary N) is 2. The lowest BCUT2D eigenvalue weighted by atomic mass is 10.1. The number of aromatic nitrogens is 2. The van der Waals surface area contributed by atoms with Crippen LogP contribution < -0.4 is 16.2 Å². The SMILES string of the molecule is CCC(C(=O)Nc1ccc(NC(C)=O)cc1)n1cnc2ccccc2c1=O. The van der Waals surface area contributed by atoms with E-state index < -0.39 is 6.04 Å². The Hall–Kier alpha value is -3.48. The molecule has 0 bridgehead atoms. The summed E-state index contributed by atoms with van der Waals surface area (Å²) in [6.07, 6.45) is 1.86. The number of para-hydroxylation sites is 1. The molecule has 138 valence electrons. The molecule has 1 aromatic heterocycles. The summed E-state index contributed by atoms with van der Waals surface area (Å²) in [7, 11) is 0. The van der Waals surface area contributed by atoms with Crippen LogP contribution in [-0.2, 0) is 9.59 Å². The van der Waals surface area contributed by atoms with Crippen molar-refractivity contribution in [2.24, 2.45) is 0 Å². The molecule has 7 nitrogen and oxygen atoms in total. The Morgan fingerprint density at radius 3 is 2.30 bits per heavy atom. The minimum atomic E-state index is -0.676. The molecule has 0 aliphatic rings. The fourth-order valence-corrected chi connectivity index (χ4v) is 2.88. The Morgan fingerprint density at radius 1 is 1.04 bits per heavy atom. The Morgan fingerprint density at radius 2 is 1.67 bits per heavy atom. The number of amides is 2. The van der Waals surface area contributed by atoms with Gasteiger partial charge in [-0.3, -0.25) is 19.0 Å². The van der Waals surface area contributed by atoms with E-state index in [0.29, 0.717) is 28.7 Å². The molecular formula is C20H20N4O3. The highest BCUT2D eigenvalue weighted by molar-refractivity contribution is 5.94. The predicted molar refractivity (Wildman–Crippen MR) is 105 cm³/mol. The first kappa shape index (κ1) is 18.3. The van der Waals surface area contributed by atoms with E-state index in [-0.39, 0.29) is 17.4 Å². The average Bonchev–Trinajstić information content (AvgIpc) is 2.65. The number of nitrogens with zero attached hydrogens (tertiary/aromatic N) is 2. The number of hydrogen-bond donors (Lipinski definition) is 2. The van der Waals surface area contributed by atoms with Crippen LogP contribution in [0.1, 0.15) is 26.3 Å². The minimum absolute atomic E-state index is 0.166. The lowest BCUT2D eigenvalue weighted by Crippen LogP contribution is -2.33. The van der Waals surface area contributed by atoms with E-state index in [0.717, 1.165) is 0 Å². The maximum Gasteiger partial charge on any atom is 0.261 e. The monoisotopic (exact) mass is 364 g/mol. The average molecular weight is 364 g/mol. The molecule has 1 unspecified atom stereocenters. The zero-order valence-corrected chi connectivity index (χ0v) is 15.1. The summed E-state index contributed by atoms with van der Waals surface area (Å²) in [5.41, 5.74) is 1.57. The number of carbonyl (C=O) groups is 2. The van der Waals surface area contributed by atoms with Gasteiger partial charge in [-0.05, 0) is 42.8 Å². The standard InChI is InChI=1S/C20H20N4O3/c1-3-18(24-12-21-17-7-5-4-6-16(17)20(24)27)19(26)23-15-10-8-14(9-11-15)22-13(2)25/h4-12,18H,3H2,1-2H3,(H,22,25)(H,23,26). The van der Waals surface area contributed by atoms with Crippen molar-refractivity contribution in [1.82, 2.24) is 9.55 Å². The normalized spacial score (nSPS) is 11.8. The van der Waals surface area contributed by atoms with Gasteiger partial charge in [-0.1, -0.05) is 19.1 Å². The second kappa shape index (κ2) is 7.82. The third-order valence-electron chi connectivity index (χ3n) is 4.19. The lowest BCUT2D eigenvalue weighted by Gasteiger charge is -2.18. The van der Waals surface area contributed by atoms with Crippen LogP contribution >= 0.6 is 0 Å². The number of rotatable bonds is 5. The molecule has 3 rings (SSSR count). The molecule has 0 aliphatic heterocycles. The van der Waals surface area contributed by atoms with Crippen molar-refractivity contribution in [3.63, 3.8) is 0 Å². The minimum Gasteiger partial charge on any atom is -0.326 e. The van der Waals surface area contributed by atoms with Crippen LogP contribution in [0.15, 0.2) is 59.7 Å². The molecule has 27 heavy (non-hydrogen) atoms. The quantitative estimate of drug-likeness (QED) is 0.728. The molecule has 0 fully saturated rings. The van der Waals surface area contributed by atoms with Crippen molar-refractivity contribution in [2.45, 2.75) is 26.3 Å². The highest BCUT2D eigenvalue weighted by atomic mass is 16.2. The summed E-state index contributed by atoms with van der Waals surface area (Å²) in [6.45, 7) is 3.27. The molecule has 0 saturated heterocycles. The van der Waals surface area contributed by atoms with Gasteiger partial charge in [0.25, 0.3) is 5.56 Å². The molecule has 0 radical (unpaired) electrons. The van der Waals surface area contributed by atoms with Crippen LogP contribution in [0, 0.1) is 0 Å². The van der Waals surface area contributed by atoms with Crippen molar-refractivity contribution in [1.29, 1.82) is 0 Å². The van der Waals surface area contributed by atoms with Crippen molar-refractivity contribution in [3.8, 4) is 0 Å². The number of benzene rings is 2. The number of fused-ring (bicyclic) bond motifs is 1. The van der Waals surface area contributed by atoms with E-state index in [1.165, 1.54) is 17.8 Å². The Bertz CT molecular complexity index is 1040. The number of carbonyl (C=O) groups excluding carboxylic acids is 2. The molecule has 1 atom stereocenters. The van der Waals surface area contributed by atoms with E-state index in [2.05, 4.69) is 15.6 Å². The summed E-state index contributed by atoms with van der Waals surface area (Å²) in [5.74, 6) is -0.468. The highest BCUT2D eigenvalue weighted by Gasteiger charge is 2.21. The van der Waals surface area contributed by atoms with Gasteiger partial charge in [-0.2, -0.15) is 0 Å². The van der Waals surface area contributed by atoms with Crippen LogP contribution in [0.3, 0.4) is 0 Å². The molecule has 1 heterocycles. The molecule has 2 amide bonds. The third kappa shape index (κ3) is 4.03. The molecule has 3 aromatic rings. The van der Waals surface area contributed by atoms with Crippen molar-refractivity contribution in [2.75, 3.05) is 10.6 Å². The molecule has 0 saturated carbocycles. The van der Waals surface area contributed by atoms with Gasteiger partial charge in [0, 0.05) is 18.3 Å². The van der Waals surface area contributed by atoms with Crippen LogP contribution in [0.25, 0.3) is 10.9 Å². The molecule has 0 aliphatic carbocycles. The predicted octanol–water partition coefficient (Wildman–Crippen LogP) is 2.94. The largest absolute Gasteiger partial charge is 0.326 e. The number of anilines is 2. The zero-order valence-electron chi connectivity index (χ0n) is 15.1. The molecule has 2 aromatic carbocycles. The Kier molecular flexibility index (Phi) is 5.30. The van der Waals surface area contributed by atoms with Gasteiger partial charge in [0.15, 0.2) is 0 Å². The summed E-state index contributed by atoms with van der Waals surface area (Å²) in [6, 6.07) is 13.1. The number of hydrogen-bond acceptors (Lipinski definition) is 4. The molecule has 7 heteroatoms.